The third-order valence-corrected chi connectivity index (χ3v) is 2.75. The van der Waals surface area contributed by atoms with E-state index in [9.17, 15) is 0 Å². The van der Waals surface area contributed by atoms with Crippen LogP contribution in [0.1, 0.15) is 19.1 Å². The molecule has 1 fully saturated rings. The van der Waals surface area contributed by atoms with E-state index in [1.54, 1.807) is 6.07 Å². The summed E-state index contributed by atoms with van der Waals surface area (Å²) in [5, 5.41) is 3.83. The predicted molar refractivity (Wildman–Crippen MR) is 54.4 cm³/mol. The van der Waals surface area contributed by atoms with Crippen molar-refractivity contribution in [2.75, 3.05) is 6.61 Å². The number of hydrogen-bond acceptors (Lipinski definition) is 3. The van der Waals surface area contributed by atoms with Crippen LogP contribution in [0.15, 0.2) is 16.5 Å². The predicted octanol–water partition coefficient (Wildman–Crippen LogP) is 2.20. The largest absolute Gasteiger partial charge is 0.448 e. The van der Waals surface area contributed by atoms with E-state index in [0.29, 0.717) is 23.9 Å². The minimum atomic E-state index is 0.292. The van der Waals surface area contributed by atoms with Gasteiger partial charge in [0.1, 0.15) is 5.76 Å². The van der Waals surface area contributed by atoms with Gasteiger partial charge in [0.2, 0.25) is 0 Å². The zero-order valence-electron chi connectivity index (χ0n) is 8.13. The zero-order valence-corrected chi connectivity index (χ0v) is 8.88. The molecule has 1 aliphatic heterocycles. The molecule has 2 heterocycles. The molecule has 1 N–H and O–H groups in total. The van der Waals surface area contributed by atoms with Gasteiger partial charge < -0.3 is 14.5 Å². The Labute approximate surface area is 88.4 Å². The monoisotopic (exact) mass is 215 g/mol. The molecule has 4 heteroatoms. The van der Waals surface area contributed by atoms with Crippen molar-refractivity contribution in [3.8, 4) is 0 Å². The van der Waals surface area contributed by atoms with Crippen LogP contribution in [0.4, 0.5) is 0 Å². The van der Waals surface area contributed by atoms with Gasteiger partial charge in [-0.3, -0.25) is 0 Å². The van der Waals surface area contributed by atoms with E-state index in [4.69, 9.17) is 20.8 Å². The Morgan fingerprint density at radius 3 is 3.00 bits per heavy atom. The lowest BCUT2D eigenvalue weighted by Crippen LogP contribution is -2.33. The molecule has 1 aromatic heterocycles. The maximum Gasteiger partial charge on any atom is 0.193 e. The molecular formula is C10H14ClNO2. The van der Waals surface area contributed by atoms with Crippen molar-refractivity contribution in [1.82, 2.24) is 5.32 Å². The molecule has 2 rings (SSSR count). The normalized spacial score (nSPS) is 27.0. The second-order valence-electron chi connectivity index (χ2n) is 3.56. The van der Waals surface area contributed by atoms with Crippen LogP contribution in [0.2, 0.25) is 5.22 Å². The van der Waals surface area contributed by atoms with Gasteiger partial charge in [0.25, 0.3) is 0 Å². The first-order valence-electron chi connectivity index (χ1n) is 4.85. The highest BCUT2D eigenvalue weighted by Gasteiger charge is 2.23. The highest BCUT2D eigenvalue weighted by atomic mass is 35.5. The average molecular weight is 216 g/mol. The van der Waals surface area contributed by atoms with E-state index >= 15 is 0 Å². The fourth-order valence-corrected chi connectivity index (χ4v) is 1.84. The molecule has 0 bridgehead atoms. The zero-order chi connectivity index (χ0) is 9.97. The molecular weight excluding hydrogens is 202 g/mol. The van der Waals surface area contributed by atoms with Crippen LogP contribution in [0, 0.1) is 0 Å². The van der Waals surface area contributed by atoms with E-state index in [0.717, 1.165) is 18.8 Å². The summed E-state index contributed by atoms with van der Waals surface area (Å²) in [5.41, 5.74) is 0. The molecule has 1 aromatic rings. The van der Waals surface area contributed by atoms with Crippen LogP contribution in [0.5, 0.6) is 0 Å². The summed E-state index contributed by atoms with van der Waals surface area (Å²) in [4.78, 5) is 0. The van der Waals surface area contributed by atoms with Crippen molar-refractivity contribution in [1.29, 1.82) is 0 Å². The number of ether oxygens (including phenoxy) is 1. The summed E-state index contributed by atoms with van der Waals surface area (Å²) in [6.07, 6.45) is 1.36. The first-order chi connectivity index (χ1) is 6.75. The lowest BCUT2D eigenvalue weighted by atomic mass is 10.1. The third-order valence-electron chi connectivity index (χ3n) is 2.54. The van der Waals surface area contributed by atoms with Gasteiger partial charge in [0, 0.05) is 12.6 Å². The van der Waals surface area contributed by atoms with Crippen molar-refractivity contribution in [3.05, 3.63) is 23.1 Å². The standard InChI is InChI=1S/C10H14ClNO2/c1-7-9(4-5-13-7)12-6-8-2-3-10(11)14-8/h2-3,7,9,12H,4-6H2,1H3/t7-,9-/m1/s1. The van der Waals surface area contributed by atoms with Crippen LogP contribution < -0.4 is 5.32 Å². The number of nitrogens with one attached hydrogen (secondary N) is 1. The Bertz CT molecular complexity index is 300. The van der Waals surface area contributed by atoms with Gasteiger partial charge >= 0.3 is 0 Å². The lowest BCUT2D eigenvalue weighted by Gasteiger charge is -2.14. The Morgan fingerprint density at radius 1 is 1.57 bits per heavy atom. The fraction of sp³-hybridized carbons (Fsp3) is 0.600. The van der Waals surface area contributed by atoms with E-state index in [1.807, 2.05) is 6.07 Å². The number of rotatable bonds is 3. The molecule has 1 saturated heterocycles. The van der Waals surface area contributed by atoms with Gasteiger partial charge in [-0.05, 0) is 37.1 Å². The van der Waals surface area contributed by atoms with E-state index < -0.39 is 0 Å². The minimum absolute atomic E-state index is 0.292. The quantitative estimate of drug-likeness (QED) is 0.840. The van der Waals surface area contributed by atoms with Crippen molar-refractivity contribution in [2.24, 2.45) is 0 Å². The molecule has 0 aromatic carbocycles. The number of hydrogen-bond donors (Lipinski definition) is 1. The average Bonchev–Trinajstić information content (AvgIpc) is 2.72. The molecule has 0 aliphatic carbocycles. The van der Waals surface area contributed by atoms with Crippen molar-refractivity contribution in [3.63, 3.8) is 0 Å². The van der Waals surface area contributed by atoms with Crippen LogP contribution in [0.25, 0.3) is 0 Å². The maximum absolute atomic E-state index is 5.67. The van der Waals surface area contributed by atoms with Gasteiger partial charge in [-0.25, -0.2) is 0 Å². The summed E-state index contributed by atoms with van der Waals surface area (Å²) < 4.78 is 10.7. The third kappa shape index (κ3) is 2.29. The minimum Gasteiger partial charge on any atom is -0.448 e. The molecule has 2 atom stereocenters. The Morgan fingerprint density at radius 2 is 2.43 bits per heavy atom. The topological polar surface area (TPSA) is 34.4 Å². The molecule has 0 amide bonds. The number of halogens is 1. The second kappa shape index (κ2) is 4.34. The Hall–Kier alpha value is -0.510. The first kappa shape index (κ1) is 10.0. The van der Waals surface area contributed by atoms with Crippen molar-refractivity contribution >= 4 is 11.6 Å². The van der Waals surface area contributed by atoms with Gasteiger partial charge in [-0.15, -0.1) is 0 Å². The van der Waals surface area contributed by atoms with Crippen LogP contribution >= 0.6 is 11.6 Å². The lowest BCUT2D eigenvalue weighted by molar-refractivity contribution is 0.112. The van der Waals surface area contributed by atoms with Crippen molar-refractivity contribution in [2.45, 2.75) is 32.0 Å². The van der Waals surface area contributed by atoms with Crippen LogP contribution in [-0.4, -0.2) is 18.8 Å². The van der Waals surface area contributed by atoms with E-state index in [-0.39, 0.29) is 0 Å². The smallest absolute Gasteiger partial charge is 0.193 e. The number of furan rings is 1. The highest BCUT2D eigenvalue weighted by molar-refractivity contribution is 6.28. The highest BCUT2D eigenvalue weighted by Crippen LogP contribution is 2.16. The van der Waals surface area contributed by atoms with Gasteiger partial charge in [0.15, 0.2) is 5.22 Å². The Kier molecular flexibility index (Phi) is 3.11. The van der Waals surface area contributed by atoms with Gasteiger partial charge in [0.05, 0.1) is 12.6 Å². The summed E-state index contributed by atoms with van der Waals surface area (Å²) >= 11 is 5.67. The van der Waals surface area contributed by atoms with E-state index in [2.05, 4.69) is 12.2 Å². The molecule has 0 spiro atoms. The Balaban J connectivity index is 1.82. The second-order valence-corrected chi connectivity index (χ2v) is 3.93. The molecule has 0 radical (unpaired) electrons. The molecule has 3 nitrogen and oxygen atoms in total. The first-order valence-corrected chi connectivity index (χ1v) is 5.22. The molecule has 0 unspecified atom stereocenters. The summed E-state index contributed by atoms with van der Waals surface area (Å²) in [6, 6.07) is 4.07. The van der Waals surface area contributed by atoms with Crippen LogP contribution in [-0.2, 0) is 11.3 Å². The molecule has 78 valence electrons. The summed E-state index contributed by atoms with van der Waals surface area (Å²) in [7, 11) is 0. The van der Waals surface area contributed by atoms with Gasteiger partial charge in [-0.2, -0.15) is 0 Å². The maximum atomic E-state index is 5.67. The molecule has 1 aliphatic rings. The molecule has 14 heavy (non-hydrogen) atoms. The molecule has 0 saturated carbocycles. The fourth-order valence-electron chi connectivity index (χ4n) is 1.68. The SMILES string of the molecule is C[C@H]1OCC[C@H]1NCc1ccc(Cl)o1. The summed E-state index contributed by atoms with van der Waals surface area (Å²) in [6.45, 7) is 3.64. The van der Waals surface area contributed by atoms with E-state index in [1.165, 1.54) is 0 Å². The van der Waals surface area contributed by atoms with Crippen LogP contribution in [0.3, 0.4) is 0 Å². The van der Waals surface area contributed by atoms with Crippen molar-refractivity contribution < 1.29 is 9.15 Å². The summed E-state index contributed by atoms with van der Waals surface area (Å²) in [5.74, 6) is 0.870. The van der Waals surface area contributed by atoms with Gasteiger partial charge in [-0.1, -0.05) is 0 Å².